The predicted molar refractivity (Wildman–Crippen MR) is 190 cm³/mol. The molecule has 0 aromatic rings. The van der Waals surface area contributed by atoms with Crippen LogP contribution in [0.3, 0.4) is 0 Å². The van der Waals surface area contributed by atoms with Crippen molar-refractivity contribution in [1.29, 1.82) is 0 Å². The van der Waals surface area contributed by atoms with Crippen LogP contribution < -0.4 is 0 Å². The lowest BCUT2D eigenvalue weighted by atomic mass is 9.71. The molecule has 0 aromatic heterocycles. The van der Waals surface area contributed by atoms with Gasteiger partial charge in [-0.15, -0.1) is 0 Å². The zero-order chi connectivity index (χ0) is 32.0. The zero-order valence-electron chi connectivity index (χ0n) is 28.5. The van der Waals surface area contributed by atoms with Crippen LogP contribution in [-0.4, -0.2) is 6.04 Å². The highest BCUT2D eigenvalue weighted by Crippen LogP contribution is 2.42. The van der Waals surface area contributed by atoms with Crippen LogP contribution in [0, 0.1) is 10.8 Å². The van der Waals surface area contributed by atoms with E-state index in [9.17, 15) is 0 Å². The zero-order valence-corrected chi connectivity index (χ0v) is 28.5. The topological polar surface area (TPSA) is 48.8 Å². The molecule has 0 aliphatic heterocycles. The molecular formula is C40H55N3. The van der Waals surface area contributed by atoms with Crippen molar-refractivity contribution in [2.24, 2.45) is 15.9 Å². The summed E-state index contributed by atoms with van der Waals surface area (Å²) in [4.78, 5) is 3.04. The van der Waals surface area contributed by atoms with Gasteiger partial charge in [-0.2, -0.15) is 0 Å². The Bertz CT molecular complexity index is 1380. The first-order chi connectivity index (χ1) is 20.3. The summed E-state index contributed by atoms with van der Waals surface area (Å²) < 4.78 is 0. The Morgan fingerprint density at radius 3 is 1.67 bits per heavy atom. The average molecular weight is 578 g/mol. The predicted octanol–water partition coefficient (Wildman–Crippen LogP) is 12.9. The normalized spacial score (nSPS) is 22.7. The quantitative estimate of drug-likeness (QED) is 0.101. The van der Waals surface area contributed by atoms with Gasteiger partial charge in [0.05, 0.1) is 6.04 Å². The second kappa shape index (κ2) is 16.9. The fourth-order valence-corrected chi connectivity index (χ4v) is 5.91. The van der Waals surface area contributed by atoms with Crippen LogP contribution in [0.25, 0.3) is 10.4 Å². The second-order valence-electron chi connectivity index (χ2n) is 13.6. The van der Waals surface area contributed by atoms with Gasteiger partial charge in [0.2, 0.25) is 0 Å². The number of nitrogens with zero attached hydrogens (tertiary/aromatic N) is 3. The maximum Gasteiger partial charge on any atom is 0.0588 e. The maximum absolute atomic E-state index is 8.90. The van der Waals surface area contributed by atoms with Gasteiger partial charge >= 0.3 is 0 Å². The molecule has 0 amide bonds. The Morgan fingerprint density at radius 1 is 0.698 bits per heavy atom. The monoisotopic (exact) mass is 577 g/mol. The van der Waals surface area contributed by atoms with Crippen LogP contribution in [0.4, 0.5) is 0 Å². The Kier molecular flexibility index (Phi) is 14.0. The van der Waals surface area contributed by atoms with E-state index in [1.807, 2.05) is 0 Å². The molecule has 2 aliphatic carbocycles. The van der Waals surface area contributed by atoms with Crippen molar-refractivity contribution in [2.45, 2.75) is 107 Å². The van der Waals surface area contributed by atoms with E-state index in [2.05, 4.69) is 164 Å². The van der Waals surface area contributed by atoms with Gasteiger partial charge in [-0.1, -0.05) is 151 Å². The van der Waals surface area contributed by atoms with E-state index in [-0.39, 0.29) is 16.9 Å². The third kappa shape index (κ3) is 11.9. The minimum atomic E-state index is -0.0350. The Labute approximate surface area is 263 Å². The molecule has 0 radical (unpaired) electrons. The molecule has 0 heterocycles. The third-order valence-corrected chi connectivity index (χ3v) is 8.72. The summed E-state index contributed by atoms with van der Waals surface area (Å²) in [6.07, 6.45) is 35.9. The molecule has 0 saturated carbocycles. The number of rotatable bonds is 11. The second-order valence-corrected chi connectivity index (χ2v) is 13.6. The molecule has 1 atom stereocenters. The molecule has 1 unspecified atom stereocenters. The molecule has 0 spiro atoms. The Hall–Kier alpha value is -3.55. The minimum absolute atomic E-state index is 0.0350. The number of allylic oxidation sites excluding steroid dienone is 21. The van der Waals surface area contributed by atoms with Crippen molar-refractivity contribution in [1.82, 2.24) is 0 Å². The van der Waals surface area contributed by atoms with E-state index in [1.165, 1.54) is 63.8 Å². The first-order valence-corrected chi connectivity index (χ1v) is 15.8. The van der Waals surface area contributed by atoms with Crippen LogP contribution in [0.1, 0.15) is 101 Å². The molecule has 3 nitrogen and oxygen atoms in total. The molecule has 0 N–H and O–H groups in total. The standard InChI is InChI=1S/C40H55N3/c1-30(18-13-20-32(3)23-25-36-34(5)22-15-28-39(36,7)8)16-11-12-17-31(2)19-14-21-33(4)24-26-37-35(6)38(42-43-41)27-29-40(37,9)10/h11-14,16-21,23-26,38H,15,22,27-29H2,1-10H3/b12-11+,18-13+,19-14+,25-23+,26-24+,30-16+,31-17+,32-20+,33-21+. The number of azide groups is 1. The average Bonchev–Trinajstić information content (AvgIpc) is 2.92. The molecule has 3 heteroatoms. The first kappa shape index (κ1) is 35.6. The van der Waals surface area contributed by atoms with Crippen molar-refractivity contribution in [3.63, 3.8) is 0 Å². The van der Waals surface area contributed by atoms with Crippen LogP contribution in [0.5, 0.6) is 0 Å². The van der Waals surface area contributed by atoms with E-state index < -0.39 is 0 Å². The van der Waals surface area contributed by atoms with Crippen molar-refractivity contribution in [2.75, 3.05) is 0 Å². The Morgan fingerprint density at radius 2 is 1.16 bits per heavy atom. The fraction of sp³-hybridized carbons (Fsp3) is 0.450. The van der Waals surface area contributed by atoms with Crippen LogP contribution in [0.2, 0.25) is 0 Å². The van der Waals surface area contributed by atoms with E-state index in [1.54, 1.807) is 0 Å². The highest BCUT2D eigenvalue weighted by Gasteiger charge is 2.31. The summed E-state index contributed by atoms with van der Waals surface area (Å²) in [7, 11) is 0. The lowest BCUT2D eigenvalue weighted by molar-refractivity contribution is 0.359. The molecule has 0 fully saturated rings. The molecule has 2 aliphatic rings. The molecule has 0 aromatic carbocycles. The van der Waals surface area contributed by atoms with E-state index >= 15 is 0 Å². The van der Waals surface area contributed by atoms with Crippen LogP contribution >= 0.6 is 0 Å². The summed E-state index contributed by atoms with van der Waals surface area (Å²) in [5.41, 5.74) is 19.6. The smallest absolute Gasteiger partial charge is 0.0588 e. The highest BCUT2D eigenvalue weighted by atomic mass is 15.1. The summed E-state index contributed by atoms with van der Waals surface area (Å²) >= 11 is 0. The Balaban J connectivity index is 1.93. The van der Waals surface area contributed by atoms with Crippen LogP contribution in [0.15, 0.2) is 135 Å². The first-order valence-electron chi connectivity index (χ1n) is 15.8. The SMILES string of the molecule is CC1=C(/C=C/C(C)=C/C=C/C(C)=C/C=C/C=C(C)/C=C/C=C(C)/C=C/C2=C(C)C(N=[N+]=[N-])CCC2(C)C)C(C)(C)CCC1. The largest absolute Gasteiger partial charge is 0.0863 e. The van der Waals surface area contributed by atoms with Crippen molar-refractivity contribution in [3.05, 3.63) is 140 Å². The summed E-state index contributed by atoms with van der Waals surface area (Å²) in [6, 6.07) is -0.0350. The maximum atomic E-state index is 8.90. The number of hydrogen-bond donors (Lipinski definition) is 0. The van der Waals surface area contributed by atoms with Crippen molar-refractivity contribution in [3.8, 4) is 0 Å². The third-order valence-electron chi connectivity index (χ3n) is 8.72. The lowest BCUT2D eigenvalue weighted by Gasteiger charge is -2.35. The van der Waals surface area contributed by atoms with Gasteiger partial charge in [-0.05, 0) is 101 Å². The van der Waals surface area contributed by atoms with Gasteiger partial charge < -0.3 is 0 Å². The van der Waals surface area contributed by atoms with Gasteiger partial charge in [0.1, 0.15) is 0 Å². The summed E-state index contributed by atoms with van der Waals surface area (Å²) in [6.45, 7) is 22.2. The van der Waals surface area contributed by atoms with Crippen LogP contribution in [-0.2, 0) is 0 Å². The van der Waals surface area contributed by atoms with E-state index in [4.69, 9.17) is 5.53 Å². The van der Waals surface area contributed by atoms with Gasteiger partial charge in [0, 0.05) is 4.91 Å². The van der Waals surface area contributed by atoms with E-state index in [0.717, 1.165) is 12.8 Å². The molecular weight excluding hydrogens is 522 g/mol. The van der Waals surface area contributed by atoms with Gasteiger partial charge in [-0.3, -0.25) is 0 Å². The highest BCUT2D eigenvalue weighted by molar-refractivity contribution is 5.40. The lowest BCUT2D eigenvalue weighted by Crippen LogP contribution is -2.26. The van der Waals surface area contributed by atoms with Crippen molar-refractivity contribution >= 4 is 0 Å². The molecule has 2 rings (SSSR count). The summed E-state index contributed by atoms with van der Waals surface area (Å²) in [5.74, 6) is 0. The fourth-order valence-electron chi connectivity index (χ4n) is 5.91. The van der Waals surface area contributed by atoms with Gasteiger partial charge in [-0.25, -0.2) is 0 Å². The minimum Gasteiger partial charge on any atom is -0.0863 e. The summed E-state index contributed by atoms with van der Waals surface area (Å²) in [5, 5.41) is 4.00. The van der Waals surface area contributed by atoms with Gasteiger partial charge in [0.25, 0.3) is 0 Å². The molecule has 0 bridgehead atoms. The number of hydrogen-bond acceptors (Lipinski definition) is 1. The molecule has 230 valence electrons. The van der Waals surface area contributed by atoms with Crippen molar-refractivity contribution < 1.29 is 0 Å². The molecule has 43 heavy (non-hydrogen) atoms. The van der Waals surface area contributed by atoms with E-state index in [0.29, 0.717) is 0 Å². The molecule has 0 saturated heterocycles. The van der Waals surface area contributed by atoms with Gasteiger partial charge in [0.15, 0.2) is 0 Å².